The zero-order valence-electron chi connectivity index (χ0n) is 29.8. The van der Waals surface area contributed by atoms with Crippen LogP contribution in [-0.2, 0) is 20.7 Å². The van der Waals surface area contributed by atoms with Crippen LogP contribution in [0.4, 0.5) is 10.5 Å². The first-order valence-corrected chi connectivity index (χ1v) is 17.9. The molecule has 5 N–H and O–H groups in total. The summed E-state index contributed by atoms with van der Waals surface area (Å²) in [5.41, 5.74) is 5.43. The third-order valence-corrected chi connectivity index (χ3v) is 9.60. The Morgan fingerprint density at radius 2 is 1.67 bits per heavy atom. The van der Waals surface area contributed by atoms with Gasteiger partial charge in [-0.15, -0.1) is 0 Å². The summed E-state index contributed by atoms with van der Waals surface area (Å²) in [7, 11) is 0. The Hall–Kier alpha value is -5.19. The molecule has 2 fully saturated rings. The number of carbonyl (C=O) groups is 4. The van der Waals surface area contributed by atoms with Gasteiger partial charge in [0.15, 0.2) is 0 Å². The first-order chi connectivity index (χ1) is 24.4. The molecular weight excluding hydrogens is 644 g/mol. The molecule has 1 aromatic heterocycles. The topological polar surface area (TPSA) is 154 Å². The number of hydrogen-bond donors (Lipinski definition) is 5. The van der Waals surface area contributed by atoms with Gasteiger partial charge in [-0.2, -0.15) is 5.10 Å². The number of alkyl carbamates (subject to hydrolysis) is 1. The van der Waals surface area contributed by atoms with Crippen molar-refractivity contribution in [1.29, 1.82) is 0 Å². The molecule has 268 valence electrons. The number of amides is 4. The lowest BCUT2D eigenvalue weighted by molar-refractivity contribution is -0.130. The number of aromatic amines is 1. The number of benzene rings is 3. The average Bonchev–Trinajstić information content (AvgIpc) is 3.79. The predicted octanol–water partition coefficient (Wildman–Crippen LogP) is 6.43. The summed E-state index contributed by atoms with van der Waals surface area (Å²) < 4.78 is 5.35. The lowest BCUT2D eigenvalue weighted by Gasteiger charge is -2.29. The number of fused-ring (bicyclic) bond motifs is 1. The summed E-state index contributed by atoms with van der Waals surface area (Å²) in [6, 6.07) is 18.7. The van der Waals surface area contributed by atoms with E-state index in [1.165, 1.54) is 0 Å². The fourth-order valence-electron chi connectivity index (χ4n) is 6.59. The highest BCUT2D eigenvalue weighted by molar-refractivity contribution is 5.99. The van der Waals surface area contributed by atoms with Crippen molar-refractivity contribution >= 4 is 40.4 Å². The minimum Gasteiger partial charge on any atom is -0.444 e. The second-order valence-corrected chi connectivity index (χ2v) is 15.0. The third kappa shape index (κ3) is 9.74. The molecule has 0 unspecified atom stereocenters. The fourth-order valence-corrected chi connectivity index (χ4v) is 6.59. The number of nitrogens with zero attached hydrogens (tertiary/aromatic N) is 1. The number of rotatable bonds is 11. The van der Waals surface area contributed by atoms with E-state index in [4.69, 9.17) is 4.74 Å². The van der Waals surface area contributed by atoms with Gasteiger partial charge >= 0.3 is 6.09 Å². The molecule has 0 radical (unpaired) electrons. The van der Waals surface area contributed by atoms with Gasteiger partial charge in [-0.05, 0) is 125 Å². The van der Waals surface area contributed by atoms with Crippen molar-refractivity contribution in [3.05, 3.63) is 83.6 Å². The Morgan fingerprint density at radius 3 is 2.35 bits per heavy atom. The van der Waals surface area contributed by atoms with Crippen LogP contribution >= 0.6 is 0 Å². The molecule has 0 saturated heterocycles. The van der Waals surface area contributed by atoms with Gasteiger partial charge in [-0.1, -0.05) is 30.3 Å². The molecule has 0 bridgehead atoms. The maximum Gasteiger partial charge on any atom is 0.407 e. The van der Waals surface area contributed by atoms with Gasteiger partial charge in [0.05, 0.1) is 11.7 Å². The Morgan fingerprint density at radius 1 is 0.922 bits per heavy atom. The number of H-pyrrole nitrogens is 1. The molecule has 0 spiro atoms. The Kier molecular flexibility index (Phi) is 10.7. The number of anilines is 1. The molecule has 3 aromatic carbocycles. The summed E-state index contributed by atoms with van der Waals surface area (Å²) in [5, 5.41) is 19.9. The zero-order chi connectivity index (χ0) is 36.1. The second-order valence-electron chi connectivity index (χ2n) is 15.0. The van der Waals surface area contributed by atoms with Gasteiger partial charge in [0.25, 0.3) is 5.91 Å². The number of ether oxygens (including phenoxy) is 1. The minimum atomic E-state index is -0.807. The van der Waals surface area contributed by atoms with Crippen LogP contribution in [0.25, 0.3) is 22.0 Å². The van der Waals surface area contributed by atoms with E-state index in [1.54, 1.807) is 6.20 Å². The van der Waals surface area contributed by atoms with Crippen molar-refractivity contribution in [2.75, 3.05) is 11.9 Å². The largest absolute Gasteiger partial charge is 0.444 e. The molecular formula is C40H48N6O5. The van der Waals surface area contributed by atoms with Crippen LogP contribution in [0.1, 0.15) is 80.8 Å². The number of aryl methyl sites for hydroxylation is 1. The lowest BCUT2D eigenvalue weighted by Crippen LogP contribution is -2.48. The van der Waals surface area contributed by atoms with Crippen molar-refractivity contribution in [3.8, 4) is 11.1 Å². The summed E-state index contributed by atoms with van der Waals surface area (Å²) in [5.74, 6) is -0.453. The van der Waals surface area contributed by atoms with Crippen LogP contribution in [0.2, 0.25) is 0 Å². The van der Waals surface area contributed by atoms with E-state index in [1.807, 2.05) is 88.4 Å². The number of nitrogens with one attached hydrogen (secondary N) is 5. The van der Waals surface area contributed by atoms with Gasteiger partial charge in [-0.3, -0.25) is 19.5 Å². The molecule has 4 aromatic rings. The van der Waals surface area contributed by atoms with Gasteiger partial charge in [0.1, 0.15) is 11.6 Å². The van der Waals surface area contributed by atoms with Crippen LogP contribution in [-0.4, -0.2) is 58.2 Å². The van der Waals surface area contributed by atoms with E-state index in [0.717, 1.165) is 58.8 Å². The monoisotopic (exact) mass is 692 g/mol. The van der Waals surface area contributed by atoms with Crippen LogP contribution in [0.3, 0.4) is 0 Å². The summed E-state index contributed by atoms with van der Waals surface area (Å²) in [6.45, 7) is 7.99. The van der Waals surface area contributed by atoms with E-state index < -0.39 is 17.7 Å². The molecule has 51 heavy (non-hydrogen) atoms. The summed E-state index contributed by atoms with van der Waals surface area (Å²) >= 11 is 0. The number of aromatic nitrogens is 2. The van der Waals surface area contributed by atoms with Crippen molar-refractivity contribution in [2.24, 2.45) is 11.8 Å². The highest BCUT2D eigenvalue weighted by atomic mass is 16.6. The summed E-state index contributed by atoms with van der Waals surface area (Å²) in [4.78, 5) is 52.0. The van der Waals surface area contributed by atoms with Crippen LogP contribution < -0.4 is 21.3 Å². The third-order valence-electron chi connectivity index (χ3n) is 9.60. The highest BCUT2D eigenvalue weighted by Gasteiger charge is 2.30. The van der Waals surface area contributed by atoms with Crippen molar-refractivity contribution in [2.45, 2.75) is 90.3 Å². The quantitative estimate of drug-likeness (QED) is 0.122. The van der Waals surface area contributed by atoms with Crippen molar-refractivity contribution < 1.29 is 23.9 Å². The van der Waals surface area contributed by atoms with Crippen LogP contribution in [0.15, 0.2) is 66.9 Å². The molecule has 11 nitrogen and oxygen atoms in total. The van der Waals surface area contributed by atoms with E-state index in [2.05, 4.69) is 31.5 Å². The number of carbonyl (C=O) groups excluding carboxylic acids is 4. The first kappa shape index (κ1) is 35.6. The number of hydrogen-bond acceptors (Lipinski definition) is 6. The van der Waals surface area contributed by atoms with E-state index in [9.17, 15) is 19.2 Å². The Balaban J connectivity index is 1.10. The maximum absolute atomic E-state index is 13.8. The van der Waals surface area contributed by atoms with E-state index >= 15 is 0 Å². The average molecular weight is 693 g/mol. The Labute approximate surface area is 298 Å². The van der Waals surface area contributed by atoms with Crippen LogP contribution in [0.5, 0.6) is 0 Å². The highest BCUT2D eigenvalue weighted by Crippen LogP contribution is 2.30. The Bertz CT molecular complexity index is 1880. The van der Waals surface area contributed by atoms with Gasteiger partial charge < -0.3 is 26.0 Å². The molecule has 2 saturated carbocycles. The SMILES string of the molecule is Cc1cc(C(=O)NC2CC2)ccc1-c1ccc(C[C@H](NC(=O)C2CCC(CNC(=O)OC(C)(C)C)CC2)C(=O)Nc2ccc3cn[nH]c3c2)cc1. The van der Waals surface area contributed by atoms with Crippen LogP contribution in [0, 0.1) is 18.8 Å². The van der Waals surface area contributed by atoms with E-state index in [-0.39, 0.29) is 29.6 Å². The lowest BCUT2D eigenvalue weighted by atomic mass is 9.81. The molecule has 11 heteroatoms. The summed E-state index contributed by atoms with van der Waals surface area (Å²) in [6.07, 6.45) is 6.61. The fraction of sp³-hybridized carbons (Fsp3) is 0.425. The normalized spacial score (nSPS) is 18.0. The molecule has 1 heterocycles. The maximum atomic E-state index is 13.8. The van der Waals surface area contributed by atoms with Gasteiger partial charge in [0.2, 0.25) is 11.8 Å². The molecule has 4 amide bonds. The van der Waals surface area contributed by atoms with Gasteiger partial charge in [-0.25, -0.2) is 4.79 Å². The molecule has 0 aliphatic heterocycles. The van der Waals surface area contributed by atoms with Crippen molar-refractivity contribution in [1.82, 2.24) is 26.1 Å². The second kappa shape index (κ2) is 15.4. The van der Waals surface area contributed by atoms with Gasteiger partial charge in [0, 0.05) is 41.6 Å². The first-order valence-electron chi connectivity index (χ1n) is 17.9. The van der Waals surface area contributed by atoms with E-state index in [0.29, 0.717) is 43.1 Å². The van der Waals surface area contributed by atoms with Crippen molar-refractivity contribution in [3.63, 3.8) is 0 Å². The molecule has 2 aliphatic rings. The molecule has 2 aliphatic carbocycles. The molecule has 1 atom stereocenters. The minimum absolute atomic E-state index is 0.0402. The zero-order valence-corrected chi connectivity index (χ0v) is 29.8. The standard InChI is InChI=1S/C40H48N6O5/c1-24-19-29(37(48)43-31-16-17-31)14-18-33(24)27-9-5-25(6-10-27)20-35(38(49)44-32-15-13-30-23-42-46-34(30)21-32)45-36(47)28-11-7-26(8-12-28)22-41-39(50)51-40(2,3)4/h5-6,9-10,13-15,18-19,21,23,26,28,31,35H,7-8,11-12,16-17,20,22H2,1-4H3,(H,41,50)(H,42,46)(H,43,48)(H,44,49)(H,45,47)/t26?,28?,35-/m0/s1. The molecule has 6 rings (SSSR count). The predicted molar refractivity (Wildman–Crippen MR) is 197 cm³/mol. The smallest absolute Gasteiger partial charge is 0.407 e.